The molecule has 2 N–H and O–H groups in total. The van der Waals surface area contributed by atoms with Gasteiger partial charge in [0.05, 0.1) is 12.7 Å². The molecule has 78 valence electrons. The molecule has 0 bridgehead atoms. The van der Waals surface area contributed by atoms with Gasteiger partial charge >= 0.3 is 0 Å². The number of methoxy groups -OCH3 is 1. The highest BCUT2D eigenvalue weighted by Crippen LogP contribution is 2.34. The van der Waals surface area contributed by atoms with E-state index in [4.69, 9.17) is 4.74 Å². The van der Waals surface area contributed by atoms with Gasteiger partial charge in [-0.05, 0) is 6.07 Å². The Balaban J connectivity index is 2.73. The first kappa shape index (κ1) is 9.82. The third kappa shape index (κ3) is 1.10. The first-order valence-electron chi connectivity index (χ1n) is 4.21. The first-order chi connectivity index (χ1) is 7.00. The van der Waals surface area contributed by atoms with Gasteiger partial charge < -0.3 is 14.9 Å². The second-order valence-corrected chi connectivity index (χ2v) is 3.21. The van der Waals surface area contributed by atoms with Gasteiger partial charge in [0.15, 0.2) is 0 Å². The van der Waals surface area contributed by atoms with Crippen LogP contribution in [0.15, 0.2) is 18.2 Å². The van der Waals surface area contributed by atoms with Gasteiger partial charge in [-0.1, -0.05) is 12.1 Å². The molecule has 1 aromatic carbocycles. The van der Waals surface area contributed by atoms with Crippen molar-refractivity contribution < 1.29 is 24.5 Å². The van der Waals surface area contributed by atoms with Crippen LogP contribution >= 0.6 is 0 Å². The van der Waals surface area contributed by atoms with Crippen molar-refractivity contribution >= 4 is 11.6 Å². The number of rotatable bonds is 1. The van der Waals surface area contributed by atoms with E-state index in [0.29, 0.717) is 0 Å². The quantitative estimate of drug-likeness (QED) is 0.491. The summed E-state index contributed by atoms with van der Waals surface area (Å²) < 4.78 is 4.87. The zero-order valence-electron chi connectivity index (χ0n) is 7.85. The highest BCUT2D eigenvalue weighted by Gasteiger charge is 2.52. The molecule has 0 amide bonds. The number of ether oxygens (including phenoxy) is 1. The summed E-state index contributed by atoms with van der Waals surface area (Å²) in [6, 6.07) is 4.34. The van der Waals surface area contributed by atoms with Gasteiger partial charge in [-0.2, -0.15) is 0 Å². The Labute approximate surface area is 84.9 Å². The fraction of sp³-hybridized carbons (Fsp3) is 0.200. The van der Waals surface area contributed by atoms with E-state index in [2.05, 4.69) is 0 Å². The SMILES string of the molecule is COc1cccc2c1C(=O)C(O)(O)C2=O. The van der Waals surface area contributed by atoms with Crippen LogP contribution in [-0.4, -0.2) is 34.7 Å². The average Bonchev–Trinajstić information content (AvgIpc) is 2.41. The van der Waals surface area contributed by atoms with Crippen LogP contribution in [0.4, 0.5) is 0 Å². The number of fused-ring (bicyclic) bond motifs is 1. The zero-order valence-corrected chi connectivity index (χ0v) is 7.85. The molecular formula is C10H8O5. The molecular weight excluding hydrogens is 200 g/mol. The zero-order chi connectivity index (χ0) is 11.2. The summed E-state index contributed by atoms with van der Waals surface area (Å²) in [6.45, 7) is 0. The number of Topliss-reactive ketones (excluding diaryl/α,β-unsaturated/α-hetero) is 2. The van der Waals surface area contributed by atoms with E-state index >= 15 is 0 Å². The molecule has 0 radical (unpaired) electrons. The van der Waals surface area contributed by atoms with Crippen molar-refractivity contribution in [3.63, 3.8) is 0 Å². The van der Waals surface area contributed by atoms with E-state index in [-0.39, 0.29) is 16.9 Å². The topological polar surface area (TPSA) is 83.8 Å². The van der Waals surface area contributed by atoms with E-state index < -0.39 is 17.4 Å². The van der Waals surface area contributed by atoms with Crippen molar-refractivity contribution in [3.05, 3.63) is 29.3 Å². The number of aliphatic hydroxyl groups is 2. The Morgan fingerprint density at radius 2 is 1.87 bits per heavy atom. The monoisotopic (exact) mass is 208 g/mol. The van der Waals surface area contributed by atoms with E-state index in [9.17, 15) is 19.8 Å². The summed E-state index contributed by atoms with van der Waals surface area (Å²) in [6.07, 6.45) is 0. The molecule has 1 aliphatic rings. The highest BCUT2D eigenvalue weighted by molar-refractivity contribution is 6.31. The lowest BCUT2D eigenvalue weighted by Gasteiger charge is -2.09. The van der Waals surface area contributed by atoms with Crippen LogP contribution in [0.2, 0.25) is 0 Å². The van der Waals surface area contributed by atoms with Crippen LogP contribution in [0, 0.1) is 0 Å². The number of hydrogen-bond donors (Lipinski definition) is 2. The predicted octanol–water partition coefficient (Wildman–Crippen LogP) is -0.245. The van der Waals surface area contributed by atoms with E-state index in [1.54, 1.807) is 0 Å². The largest absolute Gasteiger partial charge is 0.496 e. The van der Waals surface area contributed by atoms with E-state index in [1.807, 2.05) is 0 Å². The standard InChI is InChI=1S/C10H8O5/c1-15-6-4-2-3-5-7(6)9(12)10(13,14)8(5)11/h2-4,13-14H,1H3. The molecule has 1 aromatic rings. The molecule has 0 spiro atoms. The van der Waals surface area contributed by atoms with Gasteiger partial charge in [0, 0.05) is 5.56 Å². The Morgan fingerprint density at radius 3 is 2.47 bits per heavy atom. The molecule has 0 saturated carbocycles. The lowest BCUT2D eigenvalue weighted by molar-refractivity contribution is -0.0857. The van der Waals surface area contributed by atoms with Crippen molar-refractivity contribution in [2.24, 2.45) is 0 Å². The van der Waals surface area contributed by atoms with Crippen molar-refractivity contribution in [2.45, 2.75) is 5.79 Å². The smallest absolute Gasteiger partial charge is 0.295 e. The lowest BCUT2D eigenvalue weighted by Crippen LogP contribution is -2.40. The number of ketones is 2. The molecule has 0 aromatic heterocycles. The maximum Gasteiger partial charge on any atom is 0.295 e. The maximum atomic E-state index is 11.5. The molecule has 0 aliphatic heterocycles. The summed E-state index contributed by atoms with van der Waals surface area (Å²) in [7, 11) is 1.34. The minimum atomic E-state index is -2.95. The van der Waals surface area contributed by atoms with Gasteiger partial charge in [-0.3, -0.25) is 9.59 Å². The van der Waals surface area contributed by atoms with E-state index in [1.165, 1.54) is 25.3 Å². The Morgan fingerprint density at radius 1 is 1.20 bits per heavy atom. The van der Waals surface area contributed by atoms with Crippen molar-refractivity contribution in [2.75, 3.05) is 7.11 Å². The molecule has 15 heavy (non-hydrogen) atoms. The summed E-state index contributed by atoms with van der Waals surface area (Å²) in [4.78, 5) is 22.9. The van der Waals surface area contributed by atoms with Gasteiger partial charge in [-0.15, -0.1) is 0 Å². The molecule has 0 unspecified atom stereocenters. The van der Waals surface area contributed by atoms with Crippen LogP contribution in [-0.2, 0) is 0 Å². The molecule has 0 saturated heterocycles. The third-order valence-electron chi connectivity index (χ3n) is 2.35. The second-order valence-electron chi connectivity index (χ2n) is 3.21. The van der Waals surface area contributed by atoms with Crippen LogP contribution in [0.5, 0.6) is 5.75 Å². The molecule has 0 atom stereocenters. The summed E-state index contributed by atoms with van der Waals surface area (Å²) >= 11 is 0. The molecule has 0 heterocycles. The number of hydrogen-bond acceptors (Lipinski definition) is 5. The summed E-state index contributed by atoms with van der Waals surface area (Å²) in [5, 5.41) is 18.5. The highest BCUT2D eigenvalue weighted by atomic mass is 16.5. The fourth-order valence-electron chi connectivity index (χ4n) is 1.59. The Hall–Kier alpha value is -1.72. The predicted molar refractivity (Wildman–Crippen MR) is 48.8 cm³/mol. The second kappa shape index (κ2) is 2.88. The summed E-state index contributed by atoms with van der Waals surface area (Å²) in [5.74, 6) is -4.84. The average molecular weight is 208 g/mol. The minimum absolute atomic E-state index is 0.0237. The first-order valence-corrected chi connectivity index (χ1v) is 4.21. The molecule has 1 aliphatic carbocycles. The van der Waals surface area contributed by atoms with Gasteiger partial charge in [0.1, 0.15) is 5.75 Å². The third-order valence-corrected chi connectivity index (χ3v) is 2.35. The fourth-order valence-corrected chi connectivity index (χ4v) is 1.59. The van der Waals surface area contributed by atoms with Crippen LogP contribution in [0.1, 0.15) is 20.7 Å². The maximum absolute atomic E-state index is 11.5. The molecule has 0 fully saturated rings. The molecule has 2 rings (SSSR count). The molecule has 5 heteroatoms. The van der Waals surface area contributed by atoms with Crippen LogP contribution in [0.25, 0.3) is 0 Å². The molecule has 5 nitrogen and oxygen atoms in total. The normalized spacial score (nSPS) is 17.8. The van der Waals surface area contributed by atoms with Gasteiger partial charge in [-0.25, -0.2) is 0 Å². The van der Waals surface area contributed by atoms with Gasteiger partial charge in [0.2, 0.25) is 11.6 Å². The number of carbonyl (C=O) groups is 2. The van der Waals surface area contributed by atoms with Crippen LogP contribution in [0.3, 0.4) is 0 Å². The Kier molecular flexibility index (Phi) is 1.89. The minimum Gasteiger partial charge on any atom is -0.496 e. The Bertz CT molecular complexity index is 461. The van der Waals surface area contributed by atoms with Crippen molar-refractivity contribution in [1.29, 1.82) is 0 Å². The van der Waals surface area contributed by atoms with Crippen molar-refractivity contribution in [3.8, 4) is 5.75 Å². The number of carbonyl (C=O) groups excluding carboxylic acids is 2. The van der Waals surface area contributed by atoms with Gasteiger partial charge in [0.25, 0.3) is 5.79 Å². The van der Waals surface area contributed by atoms with E-state index in [0.717, 1.165) is 0 Å². The summed E-state index contributed by atoms with van der Waals surface area (Å²) in [5.41, 5.74) is -0.0978. The number of benzene rings is 1. The van der Waals surface area contributed by atoms with Crippen molar-refractivity contribution in [1.82, 2.24) is 0 Å². The lowest BCUT2D eigenvalue weighted by atomic mass is 10.1. The van der Waals surface area contributed by atoms with Crippen LogP contribution < -0.4 is 4.74 Å².